The molecular formula is C10H17NO. The van der Waals surface area contributed by atoms with E-state index in [9.17, 15) is 0 Å². The molecule has 0 aromatic heterocycles. The van der Waals surface area contributed by atoms with Gasteiger partial charge in [0, 0.05) is 0 Å². The van der Waals surface area contributed by atoms with Crippen molar-refractivity contribution in [3.8, 4) is 6.07 Å². The standard InChI is InChI=1S/C10H17NO/c1-3-4-6-10(2)9-12-8-5-7-11/h2-6,8-9H2,1H3. The molecule has 0 aromatic carbocycles. The van der Waals surface area contributed by atoms with Crippen LogP contribution in [0.2, 0.25) is 0 Å². The minimum atomic E-state index is 0.473. The molecule has 0 saturated heterocycles. The molecule has 68 valence electrons. The molecule has 0 N–H and O–H groups in total. The smallest absolute Gasteiger partial charge is 0.0674 e. The number of hydrogen-bond donors (Lipinski definition) is 0. The van der Waals surface area contributed by atoms with Gasteiger partial charge in [0.1, 0.15) is 0 Å². The van der Waals surface area contributed by atoms with Gasteiger partial charge in [-0.1, -0.05) is 25.5 Å². The Morgan fingerprint density at radius 1 is 1.58 bits per heavy atom. The first-order valence-corrected chi connectivity index (χ1v) is 4.42. The van der Waals surface area contributed by atoms with Gasteiger partial charge in [0.05, 0.1) is 25.7 Å². The third-order valence-corrected chi connectivity index (χ3v) is 1.55. The zero-order valence-electron chi connectivity index (χ0n) is 7.81. The third kappa shape index (κ3) is 7.30. The molecule has 0 unspecified atom stereocenters. The fourth-order valence-corrected chi connectivity index (χ4v) is 0.833. The summed E-state index contributed by atoms with van der Waals surface area (Å²) in [7, 11) is 0. The maximum atomic E-state index is 8.22. The Morgan fingerprint density at radius 3 is 2.92 bits per heavy atom. The van der Waals surface area contributed by atoms with Gasteiger partial charge in [-0.2, -0.15) is 5.26 Å². The van der Waals surface area contributed by atoms with Crippen molar-refractivity contribution in [3.05, 3.63) is 12.2 Å². The van der Waals surface area contributed by atoms with Gasteiger partial charge in [0.2, 0.25) is 0 Å². The molecule has 0 spiro atoms. The lowest BCUT2D eigenvalue weighted by atomic mass is 10.1. The molecule has 0 amide bonds. The second-order valence-corrected chi connectivity index (χ2v) is 2.81. The lowest BCUT2D eigenvalue weighted by molar-refractivity contribution is 0.160. The molecule has 0 aliphatic rings. The van der Waals surface area contributed by atoms with Crippen LogP contribution in [0.25, 0.3) is 0 Å². The van der Waals surface area contributed by atoms with Crippen LogP contribution in [0.1, 0.15) is 32.6 Å². The van der Waals surface area contributed by atoms with E-state index in [0.717, 1.165) is 12.0 Å². The Kier molecular flexibility index (Phi) is 7.73. The molecule has 0 aliphatic carbocycles. The molecule has 2 heteroatoms. The van der Waals surface area contributed by atoms with Crippen molar-refractivity contribution in [3.63, 3.8) is 0 Å². The van der Waals surface area contributed by atoms with Gasteiger partial charge in [0.25, 0.3) is 0 Å². The maximum Gasteiger partial charge on any atom is 0.0674 e. The van der Waals surface area contributed by atoms with Crippen molar-refractivity contribution < 1.29 is 4.74 Å². The Labute approximate surface area is 74.8 Å². The number of ether oxygens (including phenoxy) is 1. The van der Waals surface area contributed by atoms with E-state index in [1.54, 1.807) is 0 Å². The number of hydrogen-bond acceptors (Lipinski definition) is 2. The Morgan fingerprint density at radius 2 is 2.33 bits per heavy atom. The van der Waals surface area contributed by atoms with Crippen molar-refractivity contribution in [1.29, 1.82) is 5.26 Å². The normalized spacial score (nSPS) is 9.33. The molecule has 0 bridgehead atoms. The van der Waals surface area contributed by atoms with Gasteiger partial charge in [-0.3, -0.25) is 0 Å². The molecule has 2 nitrogen and oxygen atoms in total. The minimum absolute atomic E-state index is 0.473. The van der Waals surface area contributed by atoms with Crippen LogP contribution < -0.4 is 0 Å². The van der Waals surface area contributed by atoms with Crippen molar-refractivity contribution in [2.45, 2.75) is 32.6 Å². The van der Waals surface area contributed by atoms with E-state index in [-0.39, 0.29) is 0 Å². The summed E-state index contributed by atoms with van der Waals surface area (Å²) in [5.74, 6) is 0. The molecule has 0 aliphatic heterocycles. The van der Waals surface area contributed by atoms with Gasteiger partial charge in [-0.15, -0.1) is 0 Å². The second kappa shape index (κ2) is 8.29. The Hall–Kier alpha value is -0.810. The van der Waals surface area contributed by atoms with Crippen LogP contribution in [0.4, 0.5) is 0 Å². The second-order valence-electron chi connectivity index (χ2n) is 2.81. The monoisotopic (exact) mass is 167 g/mol. The lowest BCUT2D eigenvalue weighted by Crippen LogP contribution is -1.98. The van der Waals surface area contributed by atoms with Crippen LogP contribution >= 0.6 is 0 Å². The first kappa shape index (κ1) is 11.2. The van der Waals surface area contributed by atoms with Crippen LogP contribution in [0.3, 0.4) is 0 Å². The Balaban J connectivity index is 3.15. The Bertz CT molecular complexity index is 158. The molecule has 0 radical (unpaired) electrons. The van der Waals surface area contributed by atoms with E-state index < -0.39 is 0 Å². The molecule has 12 heavy (non-hydrogen) atoms. The summed E-state index contributed by atoms with van der Waals surface area (Å²) in [6.45, 7) is 7.18. The molecule has 0 atom stereocenters. The van der Waals surface area contributed by atoms with Crippen LogP contribution in [0, 0.1) is 11.3 Å². The number of rotatable bonds is 7. The third-order valence-electron chi connectivity index (χ3n) is 1.55. The van der Waals surface area contributed by atoms with E-state index >= 15 is 0 Å². The van der Waals surface area contributed by atoms with Crippen molar-refractivity contribution in [2.24, 2.45) is 0 Å². The topological polar surface area (TPSA) is 33.0 Å². The molecule has 0 fully saturated rings. The van der Waals surface area contributed by atoms with Crippen LogP contribution in [-0.4, -0.2) is 13.2 Å². The molecule has 0 heterocycles. The van der Waals surface area contributed by atoms with Crippen molar-refractivity contribution >= 4 is 0 Å². The first-order valence-electron chi connectivity index (χ1n) is 4.42. The lowest BCUT2D eigenvalue weighted by Gasteiger charge is -2.04. The number of nitrogens with zero attached hydrogens (tertiary/aromatic N) is 1. The molecular weight excluding hydrogens is 150 g/mol. The predicted molar refractivity (Wildman–Crippen MR) is 49.7 cm³/mol. The van der Waals surface area contributed by atoms with Gasteiger partial charge in [0.15, 0.2) is 0 Å². The highest BCUT2D eigenvalue weighted by Crippen LogP contribution is 2.04. The van der Waals surface area contributed by atoms with Gasteiger partial charge in [-0.25, -0.2) is 0 Å². The molecule has 0 aromatic rings. The summed E-state index contributed by atoms with van der Waals surface area (Å²) in [6, 6.07) is 2.03. The maximum absolute atomic E-state index is 8.22. The highest BCUT2D eigenvalue weighted by atomic mass is 16.5. The van der Waals surface area contributed by atoms with E-state index in [1.807, 2.05) is 6.07 Å². The average molecular weight is 167 g/mol. The SMILES string of the molecule is C=C(CCCC)COCCC#N. The van der Waals surface area contributed by atoms with Crippen molar-refractivity contribution in [2.75, 3.05) is 13.2 Å². The van der Waals surface area contributed by atoms with Crippen LogP contribution in [-0.2, 0) is 4.74 Å². The zero-order chi connectivity index (χ0) is 9.23. The molecule has 0 rings (SSSR count). The largest absolute Gasteiger partial charge is 0.376 e. The summed E-state index contributed by atoms with van der Waals surface area (Å²) in [5, 5.41) is 8.22. The average Bonchev–Trinajstić information content (AvgIpc) is 2.09. The molecule has 0 saturated carbocycles. The zero-order valence-corrected chi connectivity index (χ0v) is 7.81. The van der Waals surface area contributed by atoms with Crippen molar-refractivity contribution in [1.82, 2.24) is 0 Å². The predicted octanol–water partition coefficient (Wildman–Crippen LogP) is 2.66. The van der Waals surface area contributed by atoms with Gasteiger partial charge >= 0.3 is 0 Å². The van der Waals surface area contributed by atoms with E-state index in [1.165, 1.54) is 12.8 Å². The number of nitriles is 1. The van der Waals surface area contributed by atoms with Gasteiger partial charge in [-0.05, 0) is 12.8 Å². The first-order chi connectivity index (χ1) is 5.81. The quantitative estimate of drug-likeness (QED) is 0.431. The van der Waals surface area contributed by atoms with Gasteiger partial charge < -0.3 is 4.74 Å². The summed E-state index contributed by atoms with van der Waals surface area (Å²) < 4.78 is 5.21. The van der Waals surface area contributed by atoms with Crippen LogP contribution in [0.5, 0.6) is 0 Å². The summed E-state index contributed by atoms with van der Waals surface area (Å²) in [5.41, 5.74) is 1.13. The van der Waals surface area contributed by atoms with E-state index in [4.69, 9.17) is 10.00 Å². The fourth-order valence-electron chi connectivity index (χ4n) is 0.833. The fraction of sp³-hybridized carbons (Fsp3) is 0.700. The van der Waals surface area contributed by atoms with E-state index in [2.05, 4.69) is 13.5 Å². The van der Waals surface area contributed by atoms with Crippen LogP contribution in [0.15, 0.2) is 12.2 Å². The minimum Gasteiger partial charge on any atom is -0.376 e. The summed E-state index contributed by atoms with van der Waals surface area (Å²) in [6.07, 6.45) is 3.89. The highest BCUT2D eigenvalue weighted by Gasteiger charge is 1.93. The summed E-state index contributed by atoms with van der Waals surface area (Å²) in [4.78, 5) is 0. The highest BCUT2D eigenvalue weighted by molar-refractivity contribution is 4.93. The number of unbranched alkanes of at least 4 members (excludes halogenated alkanes) is 1. The van der Waals surface area contributed by atoms with E-state index in [0.29, 0.717) is 19.6 Å². The summed E-state index contributed by atoms with van der Waals surface area (Å²) >= 11 is 0.